The highest BCUT2D eigenvalue weighted by Crippen LogP contribution is 2.36. The van der Waals surface area contributed by atoms with Gasteiger partial charge in [-0.05, 0) is 113 Å². The maximum absolute atomic E-state index is 14.0. The summed E-state index contributed by atoms with van der Waals surface area (Å²) in [6, 6.07) is 15.4. The van der Waals surface area contributed by atoms with E-state index in [1.54, 1.807) is 67.8 Å². The number of rotatable bonds is 15. The predicted molar refractivity (Wildman–Crippen MR) is 262 cm³/mol. The first-order chi connectivity index (χ1) is 30.2. The van der Waals surface area contributed by atoms with Gasteiger partial charge in [0.2, 0.25) is 11.8 Å². The number of alkyl carbamates (subject to hydrolysis) is 2. The standard InChI is InChI=1S/C52H78N8O6/c1-31(2)27-51(17,59-45(63)65-49(11,12)13)43(61)57-39(47(5,6)7)41-53-29-37(55-41)35-23-19-33(20-24-35)34-21-25-36(26-22-34)38-30-54-42(56-38)40(48(8,9)10)58-44(62)52(18,28-32(3)4)60-46(64)66-50(14,15)16/h19-26,29-32,39-40H,27-28H2,1-18H3,(H,53,55)(H,54,56)(H,57,61)(H,58,62)(H,59,63)(H,60,64)/t39-,40-,51?,52?/m1/s1. The largest absolute Gasteiger partial charge is 0.444 e. The maximum atomic E-state index is 14.0. The minimum atomic E-state index is -1.22. The third-order valence-electron chi connectivity index (χ3n) is 10.9. The number of ether oxygens (including phenoxy) is 2. The average molecular weight is 911 g/mol. The second kappa shape index (κ2) is 20.1. The summed E-state index contributed by atoms with van der Waals surface area (Å²) >= 11 is 0. The van der Waals surface area contributed by atoms with Gasteiger partial charge in [0.1, 0.15) is 33.9 Å². The van der Waals surface area contributed by atoms with Crippen molar-refractivity contribution in [3.05, 3.63) is 72.6 Å². The number of hydrogen-bond donors (Lipinski definition) is 6. The second-order valence-electron chi connectivity index (χ2n) is 23.2. The SMILES string of the molecule is CC(C)CC(C)(NC(=O)OC(C)(C)C)C(=O)N[C@H](c1ncc(-c2ccc(-c3ccc(-c4cnc([C@@H](NC(=O)C(C)(CC(C)C)NC(=O)OC(C)(C)C)C(C)(C)C)[nH]4)cc3)cc2)[nH]1)C(C)(C)C. The second-order valence-corrected chi connectivity index (χ2v) is 23.2. The summed E-state index contributed by atoms with van der Waals surface area (Å²) in [5.41, 5.74) is 0.796. The third kappa shape index (κ3) is 14.7. The van der Waals surface area contributed by atoms with Crippen LogP contribution in [0.25, 0.3) is 33.6 Å². The Morgan fingerprint density at radius 2 is 0.788 bits per heavy atom. The van der Waals surface area contributed by atoms with Crippen LogP contribution < -0.4 is 21.3 Å². The molecule has 0 radical (unpaired) electrons. The molecule has 4 aromatic rings. The van der Waals surface area contributed by atoms with Crippen molar-refractivity contribution in [2.24, 2.45) is 22.7 Å². The summed E-state index contributed by atoms with van der Waals surface area (Å²) in [4.78, 5) is 70.2. The molecule has 66 heavy (non-hydrogen) atoms. The number of benzene rings is 2. The van der Waals surface area contributed by atoms with Crippen molar-refractivity contribution >= 4 is 24.0 Å². The first-order valence-corrected chi connectivity index (χ1v) is 23.1. The van der Waals surface area contributed by atoms with Gasteiger partial charge in [-0.2, -0.15) is 0 Å². The zero-order chi connectivity index (χ0) is 49.8. The highest BCUT2D eigenvalue weighted by atomic mass is 16.6. The van der Waals surface area contributed by atoms with Gasteiger partial charge in [0.05, 0.1) is 35.9 Å². The third-order valence-corrected chi connectivity index (χ3v) is 10.9. The fourth-order valence-corrected chi connectivity index (χ4v) is 8.01. The molecule has 14 heteroatoms. The van der Waals surface area contributed by atoms with E-state index in [1.807, 2.05) is 93.5 Å². The summed E-state index contributed by atoms with van der Waals surface area (Å²) in [5, 5.41) is 12.1. The zero-order valence-corrected chi connectivity index (χ0v) is 42.8. The van der Waals surface area contributed by atoms with Gasteiger partial charge in [-0.1, -0.05) is 118 Å². The van der Waals surface area contributed by atoms with Crippen molar-refractivity contribution in [3.63, 3.8) is 0 Å². The van der Waals surface area contributed by atoms with Crippen molar-refractivity contribution in [2.45, 2.75) is 172 Å². The molecule has 14 nitrogen and oxygen atoms in total. The topological polar surface area (TPSA) is 192 Å². The van der Waals surface area contributed by atoms with Crippen molar-refractivity contribution in [1.29, 1.82) is 0 Å². The molecule has 4 rings (SSSR count). The first kappa shape index (κ1) is 53.0. The molecule has 4 atom stereocenters. The van der Waals surface area contributed by atoms with E-state index in [9.17, 15) is 19.2 Å². The molecule has 2 unspecified atom stereocenters. The van der Waals surface area contributed by atoms with Gasteiger partial charge in [0.25, 0.3) is 0 Å². The van der Waals surface area contributed by atoms with E-state index in [-0.39, 0.29) is 23.7 Å². The van der Waals surface area contributed by atoms with E-state index >= 15 is 0 Å². The van der Waals surface area contributed by atoms with Gasteiger partial charge in [0, 0.05) is 0 Å². The monoisotopic (exact) mass is 911 g/mol. The number of aromatic nitrogens is 4. The fraction of sp³-hybridized carbons (Fsp3) is 0.577. The summed E-state index contributed by atoms with van der Waals surface area (Å²) in [6.07, 6.45) is 3.08. The number of carbonyl (C=O) groups is 4. The van der Waals surface area contributed by atoms with Crippen LogP contribution in [0.5, 0.6) is 0 Å². The van der Waals surface area contributed by atoms with Gasteiger partial charge < -0.3 is 40.7 Å². The Hall–Kier alpha value is -5.66. The van der Waals surface area contributed by atoms with Crippen LogP contribution in [-0.4, -0.2) is 66.2 Å². The number of imidazole rings is 2. The molecule has 2 aromatic carbocycles. The summed E-state index contributed by atoms with van der Waals surface area (Å²) < 4.78 is 11.0. The van der Waals surface area contributed by atoms with Gasteiger partial charge >= 0.3 is 12.2 Å². The molecule has 0 bridgehead atoms. The molecule has 0 aliphatic carbocycles. The van der Waals surface area contributed by atoms with Crippen molar-refractivity contribution in [2.75, 3.05) is 0 Å². The Bertz CT molecular complexity index is 2120. The Labute approximate surface area is 393 Å². The highest BCUT2D eigenvalue weighted by Gasteiger charge is 2.42. The van der Waals surface area contributed by atoms with Gasteiger partial charge in [-0.25, -0.2) is 19.6 Å². The normalized spacial score (nSPS) is 15.3. The van der Waals surface area contributed by atoms with Crippen LogP contribution in [-0.2, 0) is 19.1 Å². The molecule has 0 fully saturated rings. The van der Waals surface area contributed by atoms with Gasteiger partial charge in [0.15, 0.2) is 0 Å². The van der Waals surface area contributed by atoms with E-state index in [1.165, 1.54) is 0 Å². The molecule has 0 aliphatic rings. The van der Waals surface area contributed by atoms with Crippen LogP contribution in [0.3, 0.4) is 0 Å². The number of carbonyl (C=O) groups excluding carboxylic acids is 4. The quantitative estimate of drug-likeness (QED) is 0.0678. The molecule has 4 amide bonds. The van der Waals surface area contributed by atoms with E-state index in [2.05, 4.69) is 55.5 Å². The number of nitrogens with one attached hydrogen (secondary N) is 6. The predicted octanol–water partition coefficient (Wildman–Crippen LogP) is 11.2. The summed E-state index contributed by atoms with van der Waals surface area (Å²) in [5.74, 6) is 0.804. The fourth-order valence-electron chi connectivity index (χ4n) is 8.01. The average Bonchev–Trinajstić information content (AvgIpc) is 3.83. The number of nitrogens with zero attached hydrogens (tertiary/aromatic N) is 2. The lowest BCUT2D eigenvalue weighted by atomic mass is 9.84. The lowest BCUT2D eigenvalue weighted by Crippen LogP contribution is -2.59. The van der Waals surface area contributed by atoms with E-state index in [0.29, 0.717) is 24.5 Å². The van der Waals surface area contributed by atoms with Crippen LogP contribution in [0.1, 0.15) is 161 Å². The molecule has 0 saturated carbocycles. The number of aromatic amines is 2. The van der Waals surface area contributed by atoms with Crippen molar-refractivity contribution in [1.82, 2.24) is 41.2 Å². The first-order valence-electron chi connectivity index (χ1n) is 23.1. The Morgan fingerprint density at radius 3 is 1.05 bits per heavy atom. The lowest BCUT2D eigenvalue weighted by molar-refractivity contribution is -0.130. The molecule has 0 spiro atoms. The Kier molecular flexibility index (Phi) is 16.1. The molecule has 362 valence electrons. The Morgan fingerprint density at radius 1 is 0.500 bits per heavy atom. The van der Waals surface area contributed by atoms with Gasteiger partial charge in [-0.15, -0.1) is 0 Å². The Balaban J connectivity index is 1.51. The molecule has 2 aromatic heterocycles. The van der Waals surface area contributed by atoms with Crippen molar-refractivity contribution < 1.29 is 28.7 Å². The minimum Gasteiger partial charge on any atom is -0.444 e. The van der Waals surface area contributed by atoms with Crippen LogP contribution in [0.2, 0.25) is 0 Å². The number of H-pyrrole nitrogens is 2. The molecule has 6 N–H and O–H groups in total. The highest BCUT2D eigenvalue weighted by molar-refractivity contribution is 5.90. The summed E-state index contributed by atoms with van der Waals surface area (Å²) in [6.45, 7) is 34.4. The lowest BCUT2D eigenvalue weighted by Gasteiger charge is -2.36. The molecular weight excluding hydrogens is 833 g/mol. The zero-order valence-electron chi connectivity index (χ0n) is 42.8. The van der Waals surface area contributed by atoms with E-state index in [0.717, 1.165) is 33.6 Å². The van der Waals surface area contributed by atoms with Crippen molar-refractivity contribution in [3.8, 4) is 33.6 Å². The summed E-state index contributed by atoms with van der Waals surface area (Å²) in [7, 11) is 0. The number of amides is 4. The molecular formula is C52H78N8O6. The maximum Gasteiger partial charge on any atom is 0.408 e. The van der Waals surface area contributed by atoms with Crippen LogP contribution >= 0.6 is 0 Å². The van der Waals surface area contributed by atoms with E-state index in [4.69, 9.17) is 19.4 Å². The molecule has 0 aliphatic heterocycles. The van der Waals surface area contributed by atoms with Gasteiger partial charge in [-0.3, -0.25) is 9.59 Å². The van der Waals surface area contributed by atoms with Crippen LogP contribution in [0.4, 0.5) is 9.59 Å². The van der Waals surface area contributed by atoms with Crippen LogP contribution in [0, 0.1) is 22.7 Å². The smallest absolute Gasteiger partial charge is 0.408 e. The van der Waals surface area contributed by atoms with E-state index < -0.39 is 57.4 Å². The molecule has 0 saturated heterocycles. The van der Waals surface area contributed by atoms with Crippen LogP contribution in [0.15, 0.2) is 60.9 Å². The minimum absolute atomic E-state index is 0.120. The number of hydrogen-bond acceptors (Lipinski definition) is 8. The molecule has 2 heterocycles.